The number of nitrogens with one attached hydrogen (secondary N) is 1. The van der Waals surface area contributed by atoms with E-state index >= 15 is 0 Å². The third-order valence-corrected chi connectivity index (χ3v) is 7.54. The molecule has 0 aromatic heterocycles. The topological polar surface area (TPSA) is 96.0 Å². The largest absolute Gasteiger partial charge is 0.497 e. The number of carbonyl (C=O) groups is 2. The second kappa shape index (κ2) is 13.4. The minimum absolute atomic E-state index is 0.00907. The number of rotatable bonds is 12. The van der Waals surface area contributed by atoms with E-state index in [1.54, 1.807) is 38.3 Å². The summed E-state index contributed by atoms with van der Waals surface area (Å²) >= 11 is 18.4. The number of carbonyl (C=O) groups excluding carboxylic acids is 2. The van der Waals surface area contributed by atoms with E-state index in [9.17, 15) is 18.0 Å². The molecule has 8 nitrogen and oxygen atoms in total. The van der Waals surface area contributed by atoms with Crippen molar-refractivity contribution in [1.29, 1.82) is 0 Å². The fraction of sp³-hybridized carbons (Fsp3) is 0.417. The van der Waals surface area contributed by atoms with E-state index < -0.39 is 28.5 Å². The molecule has 2 aromatic rings. The minimum atomic E-state index is -3.96. The molecule has 0 spiro atoms. The van der Waals surface area contributed by atoms with Gasteiger partial charge in [0, 0.05) is 13.1 Å². The van der Waals surface area contributed by atoms with Gasteiger partial charge in [0.2, 0.25) is 21.8 Å². The van der Waals surface area contributed by atoms with E-state index in [1.165, 1.54) is 17.0 Å². The first-order valence-electron chi connectivity index (χ1n) is 11.2. The van der Waals surface area contributed by atoms with Crippen LogP contribution in [0.5, 0.6) is 5.75 Å². The summed E-state index contributed by atoms with van der Waals surface area (Å²) < 4.78 is 31.5. The number of sulfonamides is 1. The number of halogens is 3. The highest BCUT2D eigenvalue weighted by molar-refractivity contribution is 7.92. The zero-order valence-electron chi connectivity index (χ0n) is 20.6. The van der Waals surface area contributed by atoms with Gasteiger partial charge in [0.1, 0.15) is 18.3 Å². The monoisotopic (exact) mass is 577 g/mol. The van der Waals surface area contributed by atoms with E-state index in [1.807, 2.05) is 6.92 Å². The second-order valence-corrected chi connectivity index (χ2v) is 11.2. The number of benzene rings is 2. The van der Waals surface area contributed by atoms with Crippen LogP contribution in [0.15, 0.2) is 36.4 Å². The van der Waals surface area contributed by atoms with Gasteiger partial charge >= 0.3 is 0 Å². The predicted molar refractivity (Wildman–Crippen MR) is 145 cm³/mol. The van der Waals surface area contributed by atoms with E-state index in [0.29, 0.717) is 18.7 Å². The minimum Gasteiger partial charge on any atom is -0.497 e. The Morgan fingerprint density at radius 2 is 1.64 bits per heavy atom. The molecule has 36 heavy (non-hydrogen) atoms. The highest BCUT2D eigenvalue weighted by Crippen LogP contribution is 2.35. The Bertz CT molecular complexity index is 1180. The zero-order valence-corrected chi connectivity index (χ0v) is 23.6. The van der Waals surface area contributed by atoms with Crippen LogP contribution in [0, 0.1) is 0 Å². The summed E-state index contributed by atoms with van der Waals surface area (Å²) in [5, 5.41) is 3.06. The van der Waals surface area contributed by atoms with Gasteiger partial charge < -0.3 is 15.0 Å². The Hall–Kier alpha value is -2.20. The molecule has 0 saturated carbocycles. The van der Waals surface area contributed by atoms with Crippen LogP contribution in [0.25, 0.3) is 0 Å². The Morgan fingerprint density at radius 1 is 1.03 bits per heavy atom. The molecule has 0 saturated heterocycles. The summed E-state index contributed by atoms with van der Waals surface area (Å²) in [5.74, 6) is -0.265. The van der Waals surface area contributed by atoms with Crippen molar-refractivity contribution in [3.63, 3.8) is 0 Å². The number of methoxy groups -OCH3 is 1. The fourth-order valence-electron chi connectivity index (χ4n) is 3.51. The van der Waals surface area contributed by atoms with E-state index in [0.717, 1.165) is 22.5 Å². The first kappa shape index (κ1) is 30.0. The molecular formula is C24H30Cl3N3O5S. The fourth-order valence-corrected chi connectivity index (χ4v) is 5.06. The summed E-state index contributed by atoms with van der Waals surface area (Å²) in [7, 11) is -2.42. The molecule has 0 heterocycles. The number of nitrogens with zero attached hydrogens (tertiary/aromatic N) is 2. The summed E-state index contributed by atoms with van der Waals surface area (Å²) in [6.45, 7) is 3.65. The quantitative estimate of drug-likeness (QED) is 0.367. The van der Waals surface area contributed by atoms with Gasteiger partial charge in [0.25, 0.3) is 0 Å². The number of hydrogen-bond acceptors (Lipinski definition) is 5. The summed E-state index contributed by atoms with van der Waals surface area (Å²) in [4.78, 5) is 28.0. The molecule has 0 bridgehead atoms. The van der Waals surface area contributed by atoms with Crippen molar-refractivity contribution in [3.05, 3.63) is 57.0 Å². The van der Waals surface area contributed by atoms with Crippen LogP contribution in [0.2, 0.25) is 15.1 Å². The van der Waals surface area contributed by atoms with Gasteiger partial charge in [-0.1, -0.05) is 60.8 Å². The van der Waals surface area contributed by atoms with Crippen molar-refractivity contribution in [2.75, 3.05) is 30.8 Å². The number of amides is 2. The summed E-state index contributed by atoms with van der Waals surface area (Å²) in [6.07, 6.45) is 2.01. The molecule has 2 rings (SSSR count). The van der Waals surface area contributed by atoms with E-state index in [4.69, 9.17) is 39.5 Å². The molecule has 0 fully saturated rings. The van der Waals surface area contributed by atoms with Crippen molar-refractivity contribution in [3.8, 4) is 5.75 Å². The zero-order chi connectivity index (χ0) is 27.0. The van der Waals surface area contributed by atoms with Crippen LogP contribution in [0.3, 0.4) is 0 Å². The lowest BCUT2D eigenvalue weighted by Gasteiger charge is -2.33. The van der Waals surface area contributed by atoms with Crippen LogP contribution < -0.4 is 14.4 Å². The normalized spacial score (nSPS) is 12.1. The lowest BCUT2D eigenvalue weighted by Crippen LogP contribution is -2.52. The van der Waals surface area contributed by atoms with Gasteiger partial charge in [0.05, 0.1) is 34.1 Å². The highest BCUT2D eigenvalue weighted by Gasteiger charge is 2.32. The number of ether oxygens (including phenoxy) is 1. The van der Waals surface area contributed by atoms with Gasteiger partial charge in [-0.3, -0.25) is 13.9 Å². The summed E-state index contributed by atoms with van der Waals surface area (Å²) in [5.41, 5.74) is 0.749. The van der Waals surface area contributed by atoms with Crippen molar-refractivity contribution in [1.82, 2.24) is 10.2 Å². The van der Waals surface area contributed by atoms with Gasteiger partial charge in [-0.25, -0.2) is 8.42 Å². The van der Waals surface area contributed by atoms with Crippen molar-refractivity contribution in [2.24, 2.45) is 0 Å². The lowest BCUT2D eigenvalue weighted by molar-refractivity contribution is -0.140. The van der Waals surface area contributed by atoms with Crippen LogP contribution in [-0.4, -0.2) is 57.6 Å². The molecule has 0 unspecified atom stereocenters. The van der Waals surface area contributed by atoms with Crippen molar-refractivity contribution in [2.45, 2.75) is 39.3 Å². The molecule has 2 amide bonds. The molecular weight excluding hydrogens is 549 g/mol. The molecule has 12 heteroatoms. The van der Waals surface area contributed by atoms with Crippen molar-refractivity contribution >= 4 is 62.3 Å². The van der Waals surface area contributed by atoms with E-state index in [2.05, 4.69) is 5.32 Å². The number of hydrogen-bond donors (Lipinski definition) is 1. The van der Waals surface area contributed by atoms with Gasteiger partial charge in [0.15, 0.2) is 0 Å². The SMILES string of the molecule is CCCNC(=O)[C@H](CC)N(Cc1ccc(OC)cc1)C(=O)CN(c1cc(Cl)c(Cl)cc1Cl)S(C)(=O)=O. The van der Waals surface area contributed by atoms with Crippen LogP contribution in [0.4, 0.5) is 5.69 Å². The maximum atomic E-state index is 13.7. The Balaban J connectivity index is 2.48. The third-order valence-electron chi connectivity index (χ3n) is 5.38. The van der Waals surface area contributed by atoms with Crippen molar-refractivity contribution < 1.29 is 22.7 Å². The third kappa shape index (κ3) is 7.90. The molecule has 0 aliphatic rings. The van der Waals surface area contributed by atoms with E-state index in [-0.39, 0.29) is 33.2 Å². The van der Waals surface area contributed by atoms with Gasteiger partial charge in [-0.05, 0) is 42.7 Å². The average Bonchev–Trinajstić information content (AvgIpc) is 2.83. The maximum Gasteiger partial charge on any atom is 0.244 e. The first-order chi connectivity index (χ1) is 16.9. The first-order valence-corrected chi connectivity index (χ1v) is 14.2. The van der Waals surface area contributed by atoms with Gasteiger partial charge in [-0.2, -0.15) is 0 Å². The van der Waals surface area contributed by atoms with Crippen LogP contribution >= 0.6 is 34.8 Å². The average molecular weight is 579 g/mol. The Labute approximate surface area is 227 Å². The molecule has 1 N–H and O–H groups in total. The molecule has 1 atom stereocenters. The lowest BCUT2D eigenvalue weighted by atomic mass is 10.1. The van der Waals surface area contributed by atoms with Crippen LogP contribution in [-0.2, 0) is 26.2 Å². The predicted octanol–water partition coefficient (Wildman–Crippen LogP) is 4.76. The molecule has 198 valence electrons. The summed E-state index contributed by atoms with van der Waals surface area (Å²) in [6, 6.07) is 8.82. The Morgan fingerprint density at radius 3 is 2.17 bits per heavy atom. The second-order valence-electron chi connectivity index (χ2n) is 8.07. The molecule has 0 radical (unpaired) electrons. The highest BCUT2D eigenvalue weighted by atomic mass is 35.5. The van der Waals surface area contributed by atoms with Crippen LogP contribution in [0.1, 0.15) is 32.3 Å². The smallest absolute Gasteiger partial charge is 0.244 e. The maximum absolute atomic E-state index is 13.7. The Kier molecular flexibility index (Phi) is 11.2. The molecule has 0 aliphatic carbocycles. The molecule has 0 aliphatic heterocycles. The standard InChI is InChI=1S/C24H30Cl3N3O5S/c1-5-11-28-24(32)21(6-2)29(14-16-7-9-17(35-3)10-8-16)23(31)15-30(36(4,33)34)22-13-19(26)18(25)12-20(22)27/h7-10,12-13,21H,5-6,11,14-15H2,1-4H3,(H,28,32)/t21-/m0/s1. The number of anilines is 1. The van der Waals surface area contributed by atoms with Gasteiger partial charge in [-0.15, -0.1) is 0 Å². The molecule has 2 aromatic carbocycles.